The maximum absolute atomic E-state index is 12.5. The highest BCUT2D eigenvalue weighted by molar-refractivity contribution is 6.04. The van der Waals surface area contributed by atoms with Gasteiger partial charge >= 0.3 is 0 Å². The Morgan fingerprint density at radius 2 is 1.63 bits per heavy atom. The molecule has 0 radical (unpaired) electrons. The molecule has 0 spiro atoms. The van der Waals surface area contributed by atoms with E-state index in [2.05, 4.69) is 16.7 Å². The first-order valence-corrected chi connectivity index (χ1v) is 9.81. The second-order valence-corrected chi connectivity index (χ2v) is 7.59. The summed E-state index contributed by atoms with van der Waals surface area (Å²) in [5, 5.41) is 5.80. The van der Waals surface area contributed by atoms with E-state index in [1.54, 1.807) is 21.0 Å². The molecule has 0 saturated carbocycles. The lowest BCUT2D eigenvalue weighted by Gasteiger charge is -2.23. The van der Waals surface area contributed by atoms with Crippen LogP contribution in [0.4, 0.5) is 0 Å². The van der Waals surface area contributed by atoms with Gasteiger partial charge < -0.3 is 15.4 Å². The first-order chi connectivity index (χ1) is 12.9. The van der Waals surface area contributed by atoms with Crippen LogP contribution in [0.15, 0.2) is 35.9 Å². The number of rotatable bonds is 9. The van der Waals surface area contributed by atoms with Crippen LogP contribution in [-0.2, 0) is 16.0 Å². The van der Waals surface area contributed by atoms with Crippen molar-refractivity contribution in [2.75, 3.05) is 20.2 Å². The first-order valence-electron chi connectivity index (χ1n) is 9.81. The normalized spacial score (nSPS) is 14.3. The molecule has 0 unspecified atom stereocenters. The zero-order valence-corrected chi connectivity index (χ0v) is 16.8. The Kier molecular flexibility index (Phi) is 7.89. The molecule has 1 aromatic carbocycles. The lowest BCUT2D eigenvalue weighted by molar-refractivity contribution is -0.141. The van der Waals surface area contributed by atoms with Gasteiger partial charge in [0.2, 0.25) is 11.8 Å². The fraction of sp³-hybridized carbons (Fsp3) is 0.545. The molecule has 0 atom stereocenters. The van der Waals surface area contributed by atoms with Gasteiger partial charge in [0.1, 0.15) is 11.2 Å². The fourth-order valence-electron chi connectivity index (χ4n) is 3.13. The lowest BCUT2D eigenvalue weighted by atomic mass is 9.90. The van der Waals surface area contributed by atoms with Gasteiger partial charge in [-0.3, -0.25) is 9.59 Å². The summed E-state index contributed by atoms with van der Waals surface area (Å²) in [6, 6.07) is 7.75. The molecule has 0 aliphatic heterocycles. The summed E-state index contributed by atoms with van der Waals surface area (Å²) >= 11 is 0. The summed E-state index contributed by atoms with van der Waals surface area (Å²) in [5.74, 6) is 0.343. The molecule has 0 fully saturated rings. The maximum Gasteiger partial charge on any atom is 0.235 e. The van der Waals surface area contributed by atoms with Crippen molar-refractivity contribution >= 4 is 11.8 Å². The Hall–Kier alpha value is -2.30. The Bertz CT molecular complexity index is 663. The third-order valence-corrected chi connectivity index (χ3v) is 5.11. The summed E-state index contributed by atoms with van der Waals surface area (Å²) in [7, 11) is 1.63. The number of nitrogens with one attached hydrogen (secondary N) is 2. The van der Waals surface area contributed by atoms with Crippen LogP contribution in [0.25, 0.3) is 0 Å². The molecule has 0 saturated heterocycles. The van der Waals surface area contributed by atoms with Crippen molar-refractivity contribution in [2.24, 2.45) is 5.41 Å². The van der Waals surface area contributed by atoms with Crippen LogP contribution < -0.4 is 15.4 Å². The highest BCUT2D eigenvalue weighted by Gasteiger charge is 2.35. The molecular weight excluding hydrogens is 340 g/mol. The van der Waals surface area contributed by atoms with Crippen LogP contribution in [0.5, 0.6) is 5.75 Å². The third-order valence-electron chi connectivity index (χ3n) is 5.11. The monoisotopic (exact) mass is 372 g/mol. The number of allylic oxidation sites excluding steroid dienone is 1. The van der Waals surface area contributed by atoms with Crippen LogP contribution in [0.3, 0.4) is 0 Å². The van der Waals surface area contributed by atoms with Crippen molar-refractivity contribution in [2.45, 2.75) is 52.4 Å². The molecule has 2 amide bonds. The Morgan fingerprint density at radius 1 is 1.00 bits per heavy atom. The van der Waals surface area contributed by atoms with Crippen LogP contribution in [0.1, 0.15) is 51.5 Å². The van der Waals surface area contributed by atoms with Crippen LogP contribution in [0.2, 0.25) is 0 Å². The molecule has 1 aliphatic carbocycles. The van der Waals surface area contributed by atoms with Gasteiger partial charge in [0.15, 0.2) is 0 Å². The average molecular weight is 373 g/mol. The first kappa shape index (κ1) is 21.0. The topological polar surface area (TPSA) is 67.4 Å². The van der Waals surface area contributed by atoms with Gasteiger partial charge in [-0.05, 0) is 70.1 Å². The Labute approximate surface area is 162 Å². The third kappa shape index (κ3) is 6.42. The summed E-state index contributed by atoms with van der Waals surface area (Å²) in [5.41, 5.74) is 1.45. The predicted molar refractivity (Wildman–Crippen MR) is 108 cm³/mol. The number of hydrogen-bond acceptors (Lipinski definition) is 3. The van der Waals surface area contributed by atoms with E-state index in [4.69, 9.17) is 4.74 Å². The maximum atomic E-state index is 12.5. The smallest absolute Gasteiger partial charge is 0.235 e. The number of carbonyl (C=O) groups excluding carboxylic acids is 2. The van der Waals surface area contributed by atoms with Crippen molar-refractivity contribution in [3.05, 3.63) is 41.5 Å². The van der Waals surface area contributed by atoms with Crippen LogP contribution in [0, 0.1) is 5.41 Å². The Balaban J connectivity index is 1.73. The SMILES string of the molecule is COc1ccc(CCNC(=O)C(C)(C)C(=O)NCCC2=CCCCC2)cc1. The minimum absolute atomic E-state index is 0.221. The van der Waals surface area contributed by atoms with Gasteiger partial charge in [0.05, 0.1) is 7.11 Å². The van der Waals surface area contributed by atoms with Gasteiger partial charge in [0, 0.05) is 13.1 Å². The molecule has 2 N–H and O–H groups in total. The lowest BCUT2D eigenvalue weighted by Crippen LogP contribution is -2.48. The molecule has 5 nitrogen and oxygen atoms in total. The summed E-state index contributed by atoms with van der Waals surface area (Å²) in [6.07, 6.45) is 8.65. The molecule has 0 heterocycles. The molecular formula is C22H32N2O3. The molecule has 5 heteroatoms. The minimum atomic E-state index is -1.08. The van der Waals surface area contributed by atoms with Crippen LogP contribution in [-0.4, -0.2) is 32.0 Å². The van der Waals surface area contributed by atoms with Gasteiger partial charge in [-0.1, -0.05) is 23.8 Å². The molecule has 2 rings (SSSR count). The molecule has 0 bridgehead atoms. The van der Waals surface area contributed by atoms with Gasteiger partial charge in [-0.25, -0.2) is 0 Å². The van der Waals surface area contributed by atoms with Crippen LogP contribution >= 0.6 is 0 Å². The molecule has 1 aromatic rings. The molecule has 148 valence electrons. The zero-order chi connectivity index (χ0) is 19.7. The van der Waals surface area contributed by atoms with E-state index >= 15 is 0 Å². The van der Waals surface area contributed by atoms with E-state index in [-0.39, 0.29) is 11.8 Å². The van der Waals surface area contributed by atoms with Crippen molar-refractivity contribution in [1.29, 1.82) is 0 Å². The number of ether oxygens (including phenoxy) is 1. The quantitative estimate of drug-likeness (QED) is 0.516. The van der Waals surface area contributed by atoms with Crippen molar-refractivity contribution < 1.29 is 14.3 Å². The summed E-state index contributed by atoms with van der Waals surface area (Å²) < 4.78 is 5.14. The summed E-state index contributed by atoms with van der Waals surface area (Å²) in [4.78, 5) is 24.9. The predicted octanol–water partition coefficient (Wildman–Crippen LogP) is 3.39. The van der Waals surface area contributed by atoms with Crippen molar-refractivity contribution in [3.63, 3.8) is 0 Å². The molecule has 0 aromatic heterocycles. The number of carbonyl (C=O) groups is 2. The van der Waals surface area contributed by atoms with E-state index in [1.807, 2.05) is 24.3 Å². The van der Waals surface area contributed by atoms with Gasteiger partial charge in [0.25, 0.3) is 0 Å². The Morgan fingerprint density at radius 3 is 2.19 bits per heavy atom. The minimum Gasteiger partial charge on any atom is -0.497 e. The van der Waals surface area contributed by atoms with E-state index in [0.717, 1.165) is 30.6 Å². The summed E-state index contributed by atoms with van der Waals surface area (Å²) in [6.45, 7) is 4.43. The van der Waals surface area contributed by atoms with E-state index in [9.17, 15) is 9.59 Å². The average Bonchev–Trinajstić information content (AvgIpc) is 2.69. The van der Waals surface area contributed by atoms with Crippen molar-refractivity contribution in [3.8, 4) is 5.75 Å². The van der Waals surface area contributed by atoms with Crippen molar-refractivity contribution in [1.82, 2.24) is 10.6 Å². The highest BCUT2D eigenvalue weighted by Crippen LogP contribution is 2.20. The molecule has 27 heavy (non-hydrogen) atoms. The van der Waals surface area contributed by atoms with Gasteiger partial charge in [-0.15, -0.1) is 0 Å². The van der Waals surface area contributed by atoms with Gasteiger partial charge in [-0.2, -0.15) is 0 Å². The number of amides is 2. The number of hydrogen-bond donors (Lipinski definition) is 2. The zero-order valence-electron chi connectivity index (χ0n) is 16.8. The fourth-order valence-corrected chi connectivity index (χ4v) is 3.13. The van der Waals surface area contributed by atoms with E-state index < -0.39 is 5.41 Å². The van der Waals surface area contributed by atoms with E-state index in [1.165, 1.54) is 18.4 Å². The second-order valence-electron chi connectivity index (χ2n) is 7.59. The second kappa shape index (κ2) is 10.1. The molecule has 1 aliphatic rings. The van der Waals surface area contributed by atoms with E-state index in [0.29, 0.717) is 19.5 Å². The number of methoxy groups -OCH3 is 1. The highest BCUT2D eigenvalue weighted by atomic mass is 16.5. The standard InChI is InChI=1S/C22H32N2O3/c1-22(2,20(25)23-15-13-17-7-5-4-6-8-17)21(26)24-16-14-18-9-11-19(27-3)12-10-18/h7,9-12H,4-6,8,13-16H2,1-3H3,(H,23,25)(H,24,26). The largest absolute Gasteiger partial charge is 0.497 e. The number of benzene rings is 1.